The van der Waals surface area contributed by atoms with Crippen molar-refractivity contribution in [1.82, 2.24) is 0 Å². The van der Waals surface area contributed by atoms with Crippen LogP contribution in [0.3, 0.4) is 0 Å². The molecular weight excluding hydrogens is 613 g/mol. The van der Waals surface area contributed by atoms with Crippen molar-refractivity contribution in [3.63, 3.8) is 0 Å². The molecule has 0 heterocycles. The van der Waals surface area contributed by atoms with Crippen LogP contribution >= 0.6 is 0 Å². The van der Waals surface area contributed by atoms with Gasteiger partial charge in [-0.05, 0) is 100 Å². The van der Waals surface area contributed by atoms with Gasteiger partial charge in [0.15, 0.2) is 0 Å². The normalized spacial score (nSPS) is 12.9. The summed E-state index contributed by atoms with van der Waals surface area (Å²) < 4.78 is 0. The lowest BCUT2D eigenvalue weighted by Crippen LogP contribution is -2.28. The Labute approximate surface area is 298 Å². The molecule has 51 heavy (non-hydrogen) atoms. The highest BCUT2D eigenvalue weighted by Gasteiger charge is 2.47. The zero-order chi connectivity index (χ0) is 33.8. The van der Waals surface area contributed by atoms with E-state index in [1.165, 1.54) is 88.3 Å². The average Bonchev–Trinajstić information content (AvgIpc) is 3.53. The van der Waals surface area contributed by atoms with Crippen molar-refractivity contribution in [2.75, 3.05) is 0 Å². The molecule has 0 aromatic heterocycles. The van der Waals surface area contributed by atoms with Gasteiger partial charge in [0.2, 0.25) is 0 Å². The Morgan fingerprint density at radius 1 is 0.255 bits per heavy atom. The van der Waals surface area contributed by atoms with E-state index in [4.69, 9.17) is 0 Å². The molecule has 9 aromatic rings. The van der Waals surface area contributed by atoms with E-state index in [0.29, 0.717) is 0 Å². The van der Waals surface area contributed by atoms with E-state index in [2.05, 4.69) is 206 Å². The molecule has 1 aliphatic carbocycles. The summed E-state index contributed by atoms with van der Waals surface area (Å²) in [7, 11) is 0. The van der Waals surface area contributed by atoms with Gasteiger partial charge in [0.25, 0.3) is 0 Å². The highest BCUT2D eigenvalue weighted by atomic mass is 14.5. The lowest BCUT2D eigenvalue weighted by molar-refractivity contribution is 0.775. The second kappa shape index (κ2) is 11.8. The van der Waals surface area contributed by atoms with Crippen LogP contribution in [-0.2, 0) is 5.41 Å². The maximum Gasteiger partial charge on any atom is 0.0719 e. The smallest absolute Gasteiger partial charge is 0.0622 e. The standard InChI is InChI=1S/C51H34/c1-5-15-35(16-6-1)36-25-27-37(28-26-36)39-29-30-42-43-31-32-45-44-23-13-14-24-49(44)51(40-19-9-3-10-20-40,41-21-11-4-12-22-41)50(45)48(43)34-46(47(42)33-39)38-17-7-2-8-18-38/h1-34H. The Kier molecular flexibility index (Phi) is 6.82. The average molecular weight is 647 g/mol. The van der Waals surface area contributed by atoms with E-state index >= 15 is 0 Å². The first-order valence-electron chi connectivity index (χ1n) is 17.8. The molecular formula is C51H34. The Bertz CT molecular complexity index is 2650. The first kappa shape index (κ1) is 29.4. The van der Waals surface area contributed by atoms with Gasteiger partial charge < -0.3 is 0 Å². The van der Waals surface area contributed by atoms with Crippen molar-refractivity contribution in [3.05, 3.63) is 229 Å². The molecule has 9 aromatic carbocycles. The van der Waals surface area contributed by atoms with E-state index in [1.54, 1.807) is 0 Å². The third kappa shape index (κ3) is 4.54. The van der Waals surface area contributed by atoms with Crippen molar-refractivity contribution < 1.29 is 0 Å². The second-order valence-corrected chi connectivity index (χ2v) is 13.6. The van der Waals surface area contributed by atoms with Crippen LogP contribution in [0.4, 0.5) is 0 Å². The number of rotatable bonds is 5. The summed E-state index contributed by atoms with van der Waals surface area (Å²) in [6, 6.07) is 76.1. The van der Waals surface area contributed by atoms with Gasteiger partial charge in [0, 0.05) is 0 Å². The molecule has 0 nitrogen and oxygen atoms in total. The summed E-state index contributed by atoms with van der Waals surface area (Å²) in [6.07, 6.45) is 0. The molecule has 1 aliphatic rings. The Morgan fingerprint density at radius 3 is 1.37 bits per heavy atom. The van der Waals surface area contributed by atoms with Crippen LogP contribution in [0.25, 0.3) is 66.1 Å². The largest absolute Gasteiger partial charge is 0.0719 e. The first-order chi connectivity index (χ1) is 25.3. The van der Waals surface area contributed by atoms with Crippen LogP contribution in [0.1, 0.15) is 22.3 Å². The highest BCUT2D eigenvalue weighted by molar-refractivity contribution is 6.17. The summed E-state index contributed by atoms with van der Waals surface area (Å²) in [5.74, 6) is 0. The summed E-state index contributed by atoms with van der Waals surface area (Å²) >= 11 is 0. The molecule has 0 unspecified atom stereocenters. The lowest BCUT2D eigenvalue weighted by Gasteiger charge is -2.35. The molecule has 0 bridgehead atoms. The highest BCUT2D eigenvalue weighted by Crippen LogP contribution is 2.58. The van der Waals surface area contributed by atoms with Gasteiger partial charge in [-0.15, -0.1) is 0 Å². The predicted octanol–water partition coefficient (Wildman–Crippen LogP) is 13.4. The molecule has 0 atom stereocenters. The fourth-order valence-corrected chi connectivity index (χ4v) is 8.70. The Balaban J connectivity index is 1.28. The topological polar surface area (TPSA) is 0 Å². The van der Waals surface area contributed by atoms with E-state index in [0.717, 1.165) is 0 Å². The summed E-state index contributed by atoms with van der Waals surface area (Å²) in [5, 5.41) is 5.10. The molecule has 0 N–H and O–H groups in total. The molecule has 0 spiro atoms. The third-order valence-corrected chi connectivity index (χ3v) is 11.0. The molecule has 0 heteroatoms. The van der Waals surface area contributed by atoms with Crippen LogP contribution < -0.4 is 0 Å². The van der Waals surface area contributed by atoms with E-state index in [1.807, 2.05) is 0 Å². The minimum absolute atomic E-state index is 0.476. The zero-order valence-electron chi connectivity index (χ0n) is 28.1. The van der Waals surface area contributed by atoms with Crippen molar-refractivity contribution in [2.24, 2.45) is 0 Å². The number of fused-ring (bicyclic) bond motifs is 7. The van der Waals surface area contributed by atoms with Gasteiger partial charge in [-0.25, -0.2) is 0 Å². The molecule has 238 valence electrons. The van der Waals surface area contributed by atoms with Crippen LogP contribution in [0.2, 0.25) is 0 Å². The van der Waals surface area contributed by atoms with Crippen LogP contribution in [-0.4, -0.2) is 0 Å². The van der Waals surface area contributed by atoms with Gasteiger partial charge >= 0.3 is 0 Å². The van der Waals surface area contributed by atoms with E-state index < -0.39 is 5.41 Å². The second-order valence-electron chi connectivity index (χ2n) is 13.6. The Hall–Kier alpha value is -6.50. The molecule has 0 aliphatic heterocycles. The van der Waals surface area contributed by atoms with Gasteiger partial charge in [0.1, 0.15) is 0 Å². The minimum atomic E-state index is -0.476. The number of hydrogen-bond donors (Lipinski definition) is 0. The first-order valence-corrected chi connectivity index (χ1v) is 17.8. The fraction of sp³-hybridized carbons (Fsp3) is 0.0196. The SMILES string of the molecule is c1ccc(-c2ccc(-c3ccc4c(c3)c(-c3ccccc3)cc3c5c(ccc34)-c3ccccc3C5(c3ccccc3)c3ccccc3)cc2)cc1. The van der Waals surface area contributed by atoms with Crippen molar-refractivity contribution in [3.8, 4) is 44.5 Å². The number of hydrogen-bond acceptors (Lipinski definition) is 0. The summed E-state index contributed by atoms with van der Waals surface area (Å²) in [6.45, 7) is 0. The van der Waals surface area contributed by atoms with Crippen LogP contribution in [0.15, 0.2) is 206 Å². The maximum absolute atomic E-state index is 2.49. The molecule has 0 saturated carbocycles. The molecule has 0 fully saturated rings. The zero-order valence-corrected chi connectivity index (χ0v) is 28.1. The number of benzene rings is 9. The third-order valence-electron chi connectivity index (χ3n) is 11.0. The molecule has 0 saturated heterocycles. The van der Waals surface area contributed by atoms with E-state index in [-0.39, 0.29) is 0 Å². The summed E-state index contributed by atoms with van der Waals surface area (Å²) in [4.78, 5) is 0. The molecule has 0 radical (unpaired) electrons. The van der Waals surface area contributed by atoms with Gasteiger partial charge in [0.05, 0.1) is 5.41 Å². The monoisotopic (exact) mass is 646 g/mol. The predicted molar refractivity (Wildman–Crippen MR) is 215 cm³/mol. The Morgan fingerprint density at radius 2 is 0.725 bits per heavy atom. The van der Waals surface area contributed by atoms with Crippen molar-refractivity contribution in [1.29, 1.82) is 0 Å². The quantitative estimate of drug-likeness (QED) is 0.163. The van der Waals surface area contributed by atoms with Crippen molar-refractivity contribution in [2.45, 2.75) is 5.41 Å². The van der Waals surface area contributed by atoms with Crippen LogP contribution in [0, 0.1) is 0 Å². The van der Waals surface area contributed by atoms with E-state index in [9.17, 15) is 0 Å². The fourth-order valence-electron chi connectivity index (χ4n) is 8.70. The molecule has 0 amide bonds. The van der Waals surface area contributed by atoms with Crippen LogP contribution in [0.5, 0.6) is 0 Å². The van der Waals surface area contributed by atoms with Crippen molar-refractivity contribution >= 4 is 21.5 Å². The van der Waals surface area contributed by atoms with Gasteiger partial charge in [-0.1, -0.05) is 194 Å². The van der Waals surface area contributed by atoms with Gasteiger partial charge in [-0.3, -0.25) is 0 Å². The summed E-state index contributed by atoms with van der Waals surface area (Å²) in [5.41, 5.74) is 14.8. The lowest BCUT2D eigenvalue weighted by atomic mass is 9.66. The van der Waals surface area contributed by atoms with Gasteiger partial charge in [-0.2, -0.15) is 0 Å². The molecule has 10 rings (SSSR count). The maximum atomic E-state index is 2.49. The minimum Gasteiger partial charge on any atom is -0.0622 e.